The van der Waals surface area contributed by atoms with E-state index < -0.39 is 5.54 Å². The fraction of sp³-hybridized carbons (Fsp3) is 0.607. The smallest absolute Gasteiger partial charge is 0.321 e. The SMILES string of the molecule is C.Cc1ccccc1C(=O)Nc1n[nH]c2c1CN(C(=O)N1CCN(CC3CCOCC3)C[C@@H]1C)C2(C)C. The van der Waals surface area contributed by atoms with Gasteiger partial charge in [-0.3, -0.25) is 14.8 Å². The van der Waals surface area contributed by atoms with Gasteiger partial charge in [0, 0.05) is 56.6 Å². The van der Waals surface area contributed by atoms with Crippen LogP contribution in [-0.2, 0) is 16.8 Å². The second-order valence-corrected chi connectivity index (χ2v) is 11.0. The normalized spacial score (nSPS) is 21.9. The van der Waals surface area contributed by atoms with E-state index >= 15 is 0 Å². The largest absolute Gasteiger partial charge is 0.381 e. The number of amides is 3. The number of nitrogens with zero attached hydrogens (tertiary/aromatic N) is 4. The number of hydrogen-bond acceptors (Lipinski definition) is 5. The van der Waals surface area contributed by atoms with E-state index in [9.17, 15) is 9.59 Å². The van der Waals surface area contributed by atoms with Gasteiger partial charge >= 0.3 is 6.03 Å². The predicted octanol–water partition coefficient (Wildman–Crippen LogP) is 4.21. The molecule has 4 heterocycles. The summed E-state index contributed by atoms with van der Waals surface area (Å²) in [7, 11) is 0. The number of nitrogens with one attached hydrogen (secondary N) is 2. The van der Waals surface area contributed by atoms with E-state index in [1.54, 1.807) is 6.07 Å². The number of fused-ring (bicyclic) bond motifs is 1. The first-order valence-corrected chi connectivity index (χ1v) is 13.1. The highest BCUT2D eigenvalue weighted by Gasteiger charge is 2.46. The maximum atomic E-state index is 13.8. The van der Waals surface area contributed by atoms with Crippen molar-refractivity contribution in [3.63, 3.8) is 0 Å². The van der Waals surface area contributed by atoms with Crippen LogP contribution in [0.2, 0.25) is 0 Å². The summed E-state index contributed by atoms with van der Waals surface area (Å²) in [6.45, 7) is 13.9. The maximum Gasteiger partial charge on any atom is 0.321 e. The molecule has 9 nitrogen and oxygen atoms in total. The predicted molar refractivity (Wildman–Crippen MR) is 145 cm³/mol. The van der Waals surface area contributed by atoms with Crippen LogP contribution in [0, 0.1) is 12.8 Å². The zero-order valence-electron chi connectivity index (χ0n) is 21.8. The summed E-state index contributed by atoms with van der Waals surface area (Å²) in [5.74, 6) is 0.992. The fourth-order valence-electron chi connectivity index (χ4n) is 5.86. The molecule has 2 fully saturated rings. The zero-order chi connectivity index (χ0) is 25.4. The van der Waals surface area contributed by atoms with Crippen molar-refractivity contribution >= 4 is 17.8 Å². The number of hydrogen-bond donors (Lipinski definition) is 2. The van der Waals surface area contributed by atoms with Gasteiger partial charge in [-0.25, -0.2) is 4.79 Å². The Morgan fingerprint density at radius 1 is 1.19 bits per heavy atom. The van der Waals surface area contributed by atoms with Gasteiger partial charge in [0.1, 0.15) is 0 Å². The number of urea groups is 1. The van der Waals surface area contributed by atoms with E-state index in [1.807, 2.05) is 48.8 Å². The minimum atomic E-state index is -0.552. The van der Waals surface area contributed by atoms with Gasteiger partial charge in [0.2, 0.25) is 0 Å². The molecule has 0 saturated carbocycles. The van der Waals surface area contributed by atoms with Crippen molar-refractivity contribution in [2.45, 2.75) is 66.1 Å². The molecular formula is C28H42N6O3. The molecular weight excluding hydrogens is 468 g/mol. The summed E-state index contributed by atoms with van der Waals surface area (Å²) >= 11 is 0. The Bertz CT molecular complexity index is 1120. The minimum absolute atomic E-state index is 0. The highest BCUT2D eigenvalue weighted by molar-refractivity contribution is 6.05. The number of aromatic amines is 1. The van der Waals surface area contributed by atoms with Gasteiger partial charge in [-0.2, -0.15) is 5.10 Å². The number of anilines is 1. The number of carbonyl (C=O) groups excluding carboxylic acids is 2. The number of rotatable bonds is 4. The molecule has 3 aliphatic heterocycles. The van der Waals surface area contributed by atoms with Crippen LogP contribution < -0.4 is 5.32 Å². The number of aromatic nitrogens is 2. The molecule has 2 N–H and O–H groups in total. The Hall–Kier alpha value is -2.91. The van der Waals surface area contributed by atoms with E-state index in [0.29, 0.717) is 23.8 Å². The molecule has 37 heavy (non-hydrogen) atoms. The standard InChI is InChI=1S/C27H38N6O3.CH4/c1-18-7-5-6-8-21(18)25(34)28-24-22-17-33(27(3,4)23(22)29-30-24)26(35)32-12-11-31(15-19(32)2)16-20-9-13-36-14-10-20;/h5-8,19-20H,9-17H2,1-4H3,(H2,28,29,30,34);1H4/t19-;/m0./s1. The maximum absolute atomic E-state index is 13.8. The van der Waals surface area contributed by atoms with Gasteiger partial charge in [0.15, 0.2) is 5.82 Å². The summed E-state index contributed by atoms with van der Waals surface area (Å²) in [5, 5.41) is 10.5. The molecule has 3 aliphatic rings. The molecule has 0 unspecified atom stereocenters. The van der Waals surface area contributed by atoms with Crippen LogP contribution in [-0.4, -0.2) is 82.3 Å². The molecule has 1 atom stereocenters. The molecule has 3 amide bonds. The van der Waals surface area contributed by atoms with Crippen molar-refractivity contribution in [2.75, 3.05) is 44.7 Å². The van der Waals surface area contributed by atoms with Crippen LogP contribution in [0.1, 0.15) is 68.2 Å². The van der Waals surface area contributed by atoms with Crippen LogP contribution in [0.4, 0.5) is 10.6 Å². The van der Waals surface area contributed by atoms with E-state index in [-0.39, 0.29) is 25.4 Å². The second-order valence-electron chi connectivity index (χ2n) is 11.0. The highest BCUT2D eigenvalue weighted by atomic mass is 16.5. The summed E-state index contributed by atoms with van der Waals surface area (Å²) in [5.41, 5.74) is 2.73. The average Bonchev–Trinajstić information content (AvgIpc) is 3.37. The van der Waals surface area contributed by atoms with Gasteiger partial charge in [-0.15, -0.1) is 0 Å². The Labute approximate surface area is 220 Å². The van der Waals surface area contributed by atoms with Crippen LogP contribution in [0.25, 0.3) is 0 Å². The first-order valence-electron chi connectivity index (χ1n) is 13.1. The number of ether oxygens (including phenoxy) is 1. The van der Waals surface area contributed by atoms with E-state index in [1.165, 1.54) is 0 Å². The first-order chi connectivity index (χ1) is 17.3. The van der Waals surface area contributed by atoms with Gasteiger partial charge < -0.3 is 19.9 Å². The van der Waals surface area contributed by atoms with E-state index in [0.717, 1.165) is 69.1 Å². The lowest BCUT2D eigenvalue weighted by Gasteiger charge is -2.44. The van der Waals surface area contributed by atoms with E-state index in [4.69, 9.17) is 4.74 Å². The lowest BCUT2D eigenvalue weighted by molar-refractivity contribution is 0.0290. The summed E-state index contributed by atoms with van der Waals surface area (Å²) in [4.78, 5) is 33.1. The quantitative estimate of drug-likeness (QED) is 0.643. The average molecular weight is 511 g/mol. The van der Waals surface area contributed by atoms with Crippen LogP contribution >= 0.6 is 0 Å². The number of H-pyrrole nitrogens is 1. The van der Waals surface area contributed by atoms with Crippen molar-refractivity contribution in [3.05, 3.63) is 46.6 Å². The summed E-state index contributed by atoms with van der Waals surface area (Å²) in [6, 6.07) is 7.66. The fourth-order valence-corrected chi connectivity index (χ4v) is 5.86. The minimum Gasteiger partial charge on any atom is -0.381 e. The Balaban J connectivity index is 0.00000320. The number of carbonyl (C=O) groups is 2. The third-order valence-electron chi connectivity index (χ3n) is 8.14. The molecule has 1 aromatic heterocycles. The molecule has 202 valence electrons. The number of aryl methyl sites for hydroxylation is 1. The third-order valence-corrected chi connectivity index (χ3v) is 8.14. The van der Waals surface area contributed by atoms with Crippen molar-refractivity contribution < 1.29 is 14.3 Å². The number of benzene rings is 1. The van der Waals surface area contributed by atoms with Gasteiger partial charge in [0.25, 0.3) is 5.91 Å². The van der Waals surface area contributed by atoms with Crippen LogP contribution in [0.3, 0.4) is 0 Å². The zero-order valence-corrected chi connectivity index (χ0v) is 21.8. The van der Waals surface area contributed by atoms with Crippen molar-refractivity contribution in [1.82, 2.24) is 24.9 Å². The topological polar surface area (TPSA) is 93.8 Å². The monoisotopic (exact) mass is 510 g/mol. The third kappa shape index (κ3) is 5.25. The van der Waals surface area contributed by atoms with Crippen molar-refractivity contribution in [3.8, 4) is 0 Å². The molecule has 0 bridgehead atoms. The Morgan fingerprint density at radius 3 is 2.62 bits per heavy atom. The van der Waals surface area contributed by atoms with Gasteiger partial charge in [-0.05, 0) is 58.1 Å². The van der Waals surface area contributed by atoms with E-state index in [2.05, 4.69) is 27.3 Å². The van der Waals surface area contributed by atoms with Crippen molar-refractivity contribution in [1.29, 1.82) is 0 Å². The van der Waals surface area contributed by atoms with Crippen LogP contribution in [0.5, 0.6) is 0 Å². The van der Waals surface area contributed by atoms with Gasteiger partial charge in [0.05, 0.1) is 17.8 Å². The lowest BCUT2D eigenvalue weighted by atomic mass is 9.99. The molecule has 0 radical (unpaired) electrons. The van der Waals surface area contributed by atoms with Crippen molar-refractivity contribution in [2.24, 2.45) is 5.92 Å². The lowest BCUT2D eigenvalue weighted by Crippen LogP contribution is -2.59. The molecule has 0 aliphatic carbocycles. The molecule has 5 rings (SSSR count). The molecule has 1 aromatic carbocycles. The Morgan fingerprint density at radius 2 is 1.92 bits per heavy atom. The van der Waals surface area contributed by atoms with Gasteiger partial charge in [-0.1, -0.05) is 25.6 Å². The highest BCUT2D eigenvalue weighted by Crippen LogP contribution is 2.41. The summed E-state index contributed by atoms with van der Waals surface area (Å²) in [6.07, 6.45) is 2.26. The number of piperazine rings is 1. The molecule has 2 saturated heterocycles. The second kappa shape index (κ2) is 10.8. The van der Waals surface area contributed by atoms with Crippen LogP contribution in [0.15, 0.2) is 24.3 Å². The Kier molecular flexibility index (Phi) is 7.94. The summed E-state index contributed by atoms with van der Waals surface area (Å²) < 4.78 is 5.51. The molecule has 9 heteroatoms. The molecule has 0 spiro atoms. The molecule has 2 aromatic rings. The first kappa shape index (κ1) is 27.1.